The van der Waals surface area contributed by atoms with Crippen molar-refractivity contribution in [1.29, 1.82) is 0 Å². The zero-order valence-corrected chi connectivity index (χ0v) is 24.3. The summed E-state index contributed by atoms with van der Waals surface area (Å²) in [6.45, 7) is 0.672. The van der Waals surface area contributed by atoms with Crippen LogP contribution in [0.5, 0.6) is 17.2 Å². The Kier molecular flexibility index (Phi) is 8.79. The fraction of sp³-hybridized carbons (Fsp3) is 0.312. The first-order chi connectivity index (χ1) is 22.2. The van der Waals surface area contributed by atoms with Crippen LogP contribution >= 0.6 is 0 Å². The lowest BCUT2D eigenvalue weighted by molar-refractivity contribution is -0.136. The zero-order valence-electron chi connectivity index (χ0n) is 24.3. The summed E-state index contributed by atoms with van der Waals surface area (Å²) < 4.78 is 63.9. The second-order valence-electron chi connectivity index (χ2n) is 11.0. The molecule has 3 heterocycles. The van der Waals surface area contributed by atoms with Crippen molar-refractivity contribution in [2.75, 3.05) is 18.5 Å². The molecule has 0 aromatic heterocycles. The molecule has 2 N–H and O–H groups in total. The first kappa shape index (κ1) is 30.9. The number of piperidine rings is 1. The molecule has 1 unspecified atom stereocenters. The van der Waals surface area contributed by atoms with E-state index in [0.29, 0.717) is 30.8 Å². The molecule has 0 saturated carbocycles. The molecule has 3 aliphatic rings. The highest BCUT2D eigenvalue weighted by molar-refractivity contribution is 6.06. The minimum atomic E-state index is -1.13. The minimum absolute atomic E-state index is 0.0231. The van der Waals surface area contributed by atoms with Crippen LogP contribution in [0, 0.1) is 17.5 Å². The van der Waals surface area contributed by atoms with Gasteiger partial charge in [-0.25, -0.2) is 18.0 Å². The third-order valence-electron chi connectivity index (χ3n) is 7.79. The minimum Gasteiger partial charge on any atom is -0.487 e. The molecular weight excluding hydrogens is 611 g/mol. The number of anilines is 1. The van der Waals surface area contributed by atoms with Gasteiger partial charge in [0.25, 0.3) is 5.91 Å². The smallest absolute Gasteiger partial charge is 0.412 e. The molecule has 6 rings (SSSR count). The van der Waals surface area contributed by atoms with E-state index in [9.17, 15) is 32.3 Å². The number of carbonyl (C=O) groups excluding carboxylic acids is 4. The Bertz CT molecular complexity index is 1710. The number of benzene rings is 3. The summed E-state index contributed by atoms with van der Waals surface area (Å²) in [5, 5.41) is 4.58. The highest BCUT2D eigenvalue weighted by Crippen LogP contribution is 2.38. The van der Waals surface area contributed by atoms with E-state index in [4.69, 9.17) is 18.9 Å². The summed E-state index contributed by atoms with van der Waals surface area (Å²) >= 11 is 0. The molecule has 0 radical (unpaired) electrons. The van der Waals surface area contributed by atoms with Crippen LogP contribution in [0.1, 0.15) is 47.2 Å². The molecule has 4 amide bonds. The Morgan fingerprint density at radius 3 is 2.48 bits per heavy atom. The first-order valence-corrected chi connectivity index (χ1v) is 14.6. The van der Waals surface area contributed by atoms with Crippen molar-refractivity contribution in [3.8, 4) is 17.2 Å². The van der Waals surface area contributed by atoms with E-state index < -0.39 is 47.3 Å². The van der Waals surface area contributed by atoms with Crippen LogP contribution in [-0.2, 0) is 32.2 Å². The average molecular weight is 640 g/mol. The molecular formula is C32H28F3N3O8. The second-order valence-corrected chi connectivity index (χ2v) is 11.0. The summed E-state index contributed by atoms with van der Waals surface area (Å²) in [6.07, 6.45) is 0.355. The van der Waals surface area contributed by atoms with Crippen molar-refractivity contribution < 1.29 is 51.3 Å². The van der Waals surface area contributed by atoms with Gasteiger partial charge in [0.15, 0.2) is 17.5 Å². The van der Waals surface area contributed by atoms with Crippen molar-refractivity contribution >= 4 is 29.5 Å². The molecule has 11 nitrogen and oxygen atoms in total. The van der Waals surface area contributed by atoms with Gasteiger partial charge < -0.3 is 23.8 Å². The van der Waals surface area contributed by atoms with E-state index in [1.54, 1.807) is 12.1 Å². The number of rotatable bonds is 8. The standard InChI is InChI=1S/C32H28F3N3O8/c33-22-7-5-19(12-23(22)34)45-20-6-8-25(24(35)13-20)36-32(42)44-15-18-4-3-17-14-38(26-9-10-27(39)37-30(26)40)31(41)28(17)29(18)46-21-2-1-11-43-16-21/h3-8,12-13,21,26H,1-2,9-11,14-16H2,(H,36,42)(H,37,39,40)/t21-,26?/m1/s1. The number of hydrogen-bond donors (Lipinski definition) is 2. The third kappa shape index (κ3) is 6.61. The summed E-state index contributed by atoms with van der Waals surface area (Å²) in [6, 6.07) is 8.86. The average Bonchev–Trinajstić information content (AvgIpc) is 3.36. The predicted octanol–water partition coefficient (Wildman–Crippen LogP) is 4.96. The second kappa shape index (κ2) is 13.1. The van der Waals surface area contributed by atoms with E-state index in [0.717, 1.165) is 24.6 Å². The zero-order chi connectivity index (χ0) is 32.4. The van der Waals surface area contributed by atoms with Crippen LogP contribution in [0.25, 0.3) is 0 Å². The lowest BCUT2D eigenvalue weighted by Crippen LogP contribution is -2.52. The number of imide groups is 1. The molecule has 46 heavy (non-hydrogen) atoms. The predicted molar refractivity (Wildman–Crippen MR) is 154 cm³/mol. The number of carbonyl (C=O) groups is 4. The number of nitrogens with one attached hydrogen (secondary N) is 2. The van der Waals surface area contributed by atoms with Gasteiger partial charge in [-0.15, -0.1) is 0 Å². The fourth-order valence-electron chi connectivity index (χ4n) is 5.51. The molecule has 3 aromatic rings. The van der Waals surface area contributed by atoms with Gasteiger partial charge in [0.1, 0.15) is 36.0 Å². The Morgan fingerprint density at radius 1 is 0.978 bits per heavy atom. The number of hydrogen-bond acceptors (Lipinski definition) is 8. The molecule has 0 spiro atoms. The van der Waals surface area contributed by atoms with Crippen molar-refractivity contribution in [3.05, 3.63) is 82.7 Å². The van der Waals surface area contributed by atoms with Gasteiger partial charge >= 0.3 is 6.09 Å². The van der Waals surface area contributed by atoms with Crippen LogP contribution in [0.3, 0.4) is 0 Å². The molecule has 14 heteroatoms. The Balaban J connectivity index is 1.16. The molecule has 2 fully saturated rings. The van der Waals surface area contributed by atoms with Crippen LogP contribution in [0.4, 0.5) is 23.7 Å². The largest absolute Gasteiger partial charge is 0.487 e. The van der Waals surface area contributed by atoms with Crippen molar-refractivity contribution in [1.82, 2.24) is 10.2 Å². The lowest BCUT2D eigenvalue weighted by Gasteiger charge is -2.29. The molecule has 0 bridgehead atoms. The number of amides is 4. The number of fused-ring (bicyclic) bond motifs is 1. The van der Waals surface area contributed by atoms with Crippen LogP contribution in [0.2, 0.25) is 0 Å². The molecule has 0 aliphatic carbocycles. The van der Waals surface area contributed by atoms with Gasteiger partial charge in [0.2, 0.25) is 11.8 Å². The van der Waals surface area contributed by atoms with Gasteiger partial charge in [0, 0.05) is 37.3 Å². The Hall–Kier alpha value is -5.11. The van der Waals surface area contributed by atoms with Crippen LogP contribution in [0.15, 0.2) is 48.5 Å². The van der Waals surface area contributed by atoms with Gasteiger partial charge in [-0.2, -0.15) is 0 Å². The Morgan fingerprint density at radius 2 is 1.76 bits per heavy atom. The SMILES string of the molecule is O=C1CCC(N2Cc3ccc(COC(=O)Nc4ccc(Oc5ccc(F)c(F)c5)cc4F)c(O[C@@H]4CCCOC4)c3C2=O)C(=O)N1. The number of ether oxygens (including phenoxy) is 4. The maximum absolute atomic E-state index is 14.8. The normalized spacial score (nSPS) is 19.4. The van der Waals surface area contributed by atoms with E-state index in [1.807, 2.05) is 0 Å². The molecule has 3 aromatic carbocycles. The summed E-state index contributed by atoms with van der Waals surface area (Å²) in [7, 11) is 0. The highest BCUT2D eigenvalue weighted by atomic mass is 19.2. The number of nitrogens with zero attached hydrogens (tertiary/aromatic N) is 1. The van der Waals surface area contributed by atoms with Crippen molar-refractivity contribution in [2.45, 2.75) is 51.0 Å². The summed E-state index contributed by atoms with van der Waals surface area (Å²) in [4.78, 5) is 51.9. The van der Waals surface area contributed by atoms with Crippen molar-refractivity contribution in [3.63, 3.8) is 0 Å². The molecule has 2 saturated heterocycles. The number of halogens is 3. The van der Waals surface area contributed by atoms with E-state index >= 15 is 0 Å². The summed E-state index contributed by atoms with van der Waals surface area (Å²) in [5.74, 6) is -4.32. The quantitative estimate of drug-likeness (QED) is 0.331. The van der Waals surface area contributed by atoms with Gasteiger partial charge in [0.05, 0.1) is 17.9 Å². The van der Waals surface area contributed by atoms with Gasteiger partial charge in [-0.05, 0) is 49.1 Å². The van der Waals surface area contributed by atoms with E-state index in [1.165, 1.54) is 23.1 Å². The van der Waals surface area contributed by atoms with Crippen LogP contribution < -0.4 is 20.1 Å². The monoisotopic (exact) mass is 639 g/mol. The Labute approximate surface area is 260 Å². The van der Waals surface area contributed by atoms with E-state index in [-0.39, 0.29) is 60.6 Å². The fourth-order valence-corrected chi connectivity index (χ4v) is 5.51. The van der Waals surface area contributed by atoms with Gasteiger partial charge in [-0.1, -0.05) is 12.1 Å². The maximum atomic E-state index is 14.8. The molecule has 240 valence electrons. The molecule has 3 aliphatic heterocycles. The molecule has 2 atom stereocenters. The maximum Gasteiger partial charge on any atom is 0.412 e. The third-order valence-corrected chi connectivity index (χ3v) is 7.79. The van der Waals surface area contributed by atoms with Gasteiger partial charge in [-0.3, -0.25) is 25.0 Å². The van der Waals surface area contributed by atoms with Crippen molar-refractivity contribution in [2.24, 2.45) is 0 Å². The van der Waals surface area contributed by atoms with E-state index in [2.05, 4.69) is 10.6 Å². The van der Waals surface area contributed by atoms with Crippen LogP contribution in [-0.4, -0.2) is 54.1 Å². The first-order valence-electron chi connectivity index (χ1n) is 14.6. The highest BCUT2D eigenvalue weighted by Gasteiger charge is 2.41. The lowest BCUT2D eigenvalue weighted by atomic mass is 10.0. The topological polar surface area (TPSA) is 132 Å². The summed E-state index contributed by atoms with van der Waals surface area (Å²) in [5.41, 5.74) is 0.984.